The van der Waals surface area contributed by atoms with Crippen LogP contribution in [0.2, 0.25) is 0 Å². The second-order valence-corrected chi connectivity index (χ2v) is 5.46. The van der Waals surface area contributed by atoms with Crippen LogP contribution in [0.4, 0.5) is 5.69 Å². The number of ether oxygens (including phenoxy) is 1. The predicted molar refractivity (Wildman–Crippen MR) is 81.7 cm³/mol. The Hall–Kier alpha value is -1.07. The van der Waals surface area contributed by atoms with Crippen molar-refractivity contribution in [3.63, 3.8) is 0 Å². The third kappa shape index (κ3) is 6.07. The topological polar surface area (TPSA) is 50.4 Å². The Morgan fingerprint density at radius 2 is 2.16 bits per heavy atom. The molecule has 4 nitrogen and oxygen atoms in total. The first-order valence-corrected chi connectivity index (χ1v) is 7.19. The molecule has 0 unspecified atom stereocenters. The zero-order valence-electron chi connectivity index (χ0n) is 11.6. The Labute approximate surface area is 123 Å². The zero-order chi connectivity index (χ0) is 14.3. The van der Waals surface area contributed by atoms with Gasteiger partial charge >= 0.3 is 0 Å². The van der Waals surface area contributed by atoms with E-state index in [0.29, 0.717) is 18.2 Å². The fraction of sp³-hybridized carbons (Fsp3) is 0.500. The van der Waals surface area contributed by atoms with Gasteiger partial charge in [-0.3, -0.25) is 4.79 Å². The Morgan fingerprint density at radius 1 is 1.42 bits per heavy atom. The number of rotatable bonds is 7. The number of carbonyl (C=O) groups is 1. The molecule has 1 aromatic rings. The molecule has 0 aliphatic carbocycles. The van der Waals surface area contributed by atoms with Crippen LogP contribution < -0.4 is 15.4 Å². The van der Waals surface area contributed by atoms with E-state index < -0.39 is 0 Å². The van der Waals surface area contributed by atoms with Crippen molar-refractivity contribution in [2.45, 2.75) is 32.7 Å². The Kier molecular flexibility index (Phi) is 6.87. The van der Waals surface area contributed by atoms with Crippen LogP contribution in [0.5, 0.6) is 5.75 Å². The van der Waals surface area contributed by atoms with E-state index >= 15 is 0 Å². The zero-order valence-corrected chi connectivity index (χ0v) is 13.2. The van der Waals surface area contributed by atoms with Gasteiger partial charge in [-0.1, -0.05) is 13.8 Å². The number of halogens is 1. The number of benzene rings is 1. The second-order valence-electron chi connectivity index (χ2n) is 4.61. The number of anilines is 1. The molecule has 1 rings (SSSR count). The maximum atomic E-state index is 11.8. The van der Waals surface area contributed by atoms with Crippen LogP contribution in [0, 0.1) is 0 Å². The first-order valence-electron chi connectivity index (χ1n) is 6.39. The average Bonchev–Trinajstić information content (AvgIpc) is 2.37. The summed E-state index contributed by atoms with van der Waals surface area (Å²) >= 11 is 3.38. The Balaban J connectivity index is 2.40. The summed E-state index contributed by atoms with van der Waals surface area (Å²) in [7, 11) is 1.60. The molecule has 0 heterocycles. The Morgan fingerprint density at radius 3 is 2.79 bits per heavy atom. The highest BCUT2D eigenvalue weighted by molar-refractivity contribution is 9.10. The molecule has 0 spiro atoms. The highest BCUT2D eigenvalue weighted by atomic mass is 79.9. The summed E-state index contributed by atoms with van der Waals surface area (Å²) in [6, 6.07) is 5.96. The van der Waals surface area contributed by atoms with Crippen LogP contribution in [0.3, 0.4) is 0 Å². The smallest absolute Gasteiger partial charge is 0.224 e. The van der Waals surface area contributed by atoms with Gasteiger partial charge in [-0.2, -0.15) is 0 Å². The van der Waals surface area contributed by atoms with Crippen molar-refractivity contribution in [3.05, 3.63) is 22.7 Å². The molecular weight excluding hydrogens is 308 g/mol. The first-order chi connectivity index (χ1) is 9.02. The van der Waals surface area contributed by atoms with Gasteiger partial charge in [-0.15, -0.1) is 0 Å². The highest BCUT2D eigenvalue weighted by Gasteiger charge is 2.05. The van der Waals surface area contributed by atoms with E-state index in [1.807, 2.05) is 12.1 Å². The van der Waals surface area contributed by atoms with E-state index in [1.54, 1.807) is 13.2 Å². The predicted octanol–water partition coefficient (Wildman–Crippen LogP) is 3.17. The summed E-state index contributed by atoms with van der Waals surface area (Å²) in [4.78, 5) is 11.8. The van der Waals surface area contributed by atoms with Crippen molar-refractivity contribution in [1.82, 2.24) is 5.32 Å². The van der Waals surface area contributed by atoms with Crippen LogP contribution in [0.15, 0.2) is 22.7 Å². The summed E-state index contributed by atoms with van der Waals surface area (Å²) in [5.74, 6) is 0.731. The molecular formula is C14H21BrN2O2. The summed E-state index contributed by atoms with van der Waals surface area (Å²) in [5, 5.41) is 6.15. The molecule has 0 atom stereocenters. The molecule has 0 bridgehead atoms. The van der Waals surface area contributed by atoms with Gasteiger partial charge in [0.15, 0.2) is 0 Å². The molecule has 0 aliphatic rings. The van der Waals surface area contributed by atoms with Gasteiger partial charge in [0.25, 0.3) is 0 Å². The van der Waals surface area contributed by atoms with Crippen LogP contribution >= 0.6 is 15.9 Å². The summed E-state index contributed by atoms with van der Waals surface area (Å²) in [5.41, 5.74) is 0.752. The van der Waals surface area contributed by atoms with Crippen molar-refractivity contribution in [1.29, 1.82) is 0 Å². The lowest BCUT2D eigenvalue weighted by molar-refractivity contribution is -0.116. The molecule has 19 heavy (non-hydrogen) atoms. The molecule has 5 heteroatoms. The van der Waals surface area contributed by atoms with Crippen LogP contribution in [-0.4, -0.2) is 25.6 Å². The third-order valence-corrected chi connectivity index (χ3v) is 3.22. The van der Waals surface area contributed by atoms with Crippen molar-refractivity contribution in [2.75, 3.05) is 19.0 Å². The lowest BCUT2D eigenvalue weighted by atomic mass is 10.2. The molecule has 0 aromatic heterocycles. The summed E-state index contributed by atoms with van der Waals surface area (Å²) < 4.78 is 6.05. The molecule has 0 radical (unpaired) electrons. The largest absolute Gasteiger partial charge is 0.495 e. The summed E-state index contributed by atoms with van der Waals surface area (Å²) in [6.45, 7) is 5.04. The van der Waals surface area contributed by atoms with Crippen molar-refractivity contribution in [3.8, 4) is 5.75 Å². The van der Waals surface area contributed by atoms with E-state index in [0.717, 1.165) is 23.1 Å². The van der Waals surface area contributed by atoms with Gasteiger partial charge in [0.05, 0.1) is 11.6 Å². The maximum Gasteiger partial charge on any atom is 0.224 e. The van der Waals surface area contributed by atoms with Crippen LogP contribution in [0.1, 0.15) is 26.7 Å². The third-order valence-electron chi connectivity index (χ3n) is 2.57. The summed E-state index contributed by atoms with van der Waals surface area (Å²) in [6.07, 6.45) is 1.34. The van der Waals surface area contributed by atoms with Gasteiger partial charge in [-0.05, 0) is 41.0 Å². The lowest BCUT2D eigenvalue weighted by Gasteiger charge is -2.09. The molecule has 0 saturated heterocycles. The SMILES string of the molecule is COc1cc(NC(=O)CCCNC(C)C)ccc1Br. The van der Waals surface area contributed by atoms with Gasteiger partial charge < -0.3 is 15.4 Å². The number of methoxy groups -OCH3 is 1. The van der Waals surface area contributed by atoms with E-state index in [-0.39, 0.29) is 5.91 Å². The first kappa shape index (κ1) is 16.0. The fourth-order valence-electron chi connectivity index (χ4n) is 1.60. The van der Waals surface area contributed by atoms with E-state index in [1.165, 1.54) is 0 Å². The van der Waals surface area contributed by atoms with Crippen molar-refractivity contribution >= 4 is 27.5 Å². The van der Waals surface area contributed by atoms with Gasteiger partial charge in [0, 0.05) is 24.2 Å². The standard InChI is InChI=1S/C14H21BrN2O2/c1-10(2)16-8-4-5-14(18)17-11-6-7-12(15)13(9-11)19-3/h6-7,9-10,16H,4-5,8H2,1-3H3,(H,17,18). The lowest BCUT2D eigenvalue weighted by Crippen LogP contribution is -2.24. The molecule has 1 aromatic carbocycles. The molecule has 2 N–H and O–H groups in total. The number of nitrogens with one attached hydrogen (secondary N) is 2. The molecule has 1 amide bonds. The minimum absolute atomic E-state index is 0.0231. The highest BCUT2D eigenvalue weighted by Crippen LogP contribution is 2.27. The average molecular weight is 329 g/mol. The molecule has 106 valence electrons. The fourth-order valence-corrected chi connectivity index (χ4v) is 2.01. The number of carbonyl (C=O) groups excluding carboxylic acids is 1. The number of amides is 1. The normalized spacial score (nSPS) is 10.6. The minimum Gasteiger partial charge on any atom is -0.495 e. The number of hydrogen-bond donors (Lipinski definition) is 2. The second kappa shape index (κ2) is 8.17. The number of hydrogen-bond acceptors (Lipinski definition) is 3. The Bertz CT molecular complexity index is 422. The minimum atomic E-state index is 0.0231. The maximum absolute atomic E-state index is 11.8. The molecule has 0 saturated carbocycles. The quantitative estimate of drug-likeness (QED) is 0.756. The van der Waals surface area contributed by atoms with E-state index in [9.17, 15) is 4.79 Å². The van der Waals surface area contributed by atoms with Crippen molar-refractivity contribution < 1.29 is 9.53 Å². The van der Waals surface area contributed by atoms with Crippen molar-refractivity contribution in [2.24, 2.45) is 0 Å². The van der Waals surface area contributed by atoms with Gasteiger partial charge in [0.2, 0.25) is 5.91 Å². The molecule has 0 fully saturated rings. The monoisotopic (exact) mass is 328 g/mol. The van der Waals surface area contributed by atoms with Gasteiger partial charge in [0.1, 0.15) is 5.75 Å². The van der Waals surface area contributed by atoms with Crippen LogP contribution in [0.25, 0.3) is 0 Å². The molecule has 0 aliphatic heterocycles. The van der Waals surface area contributed by atoms with Crippen LogP contribution in [-0.2, 0) is 4.79 Å². The van der Waals surface area contributed by atoms with E-state index in [2.05, 4.69) is 40.4 Å². The van der Waals surface area contributed by atoms with Gasteiger partial charge in [-0.25, -0.2) is 0 Å². The van der Waals surface area contributed by atoms with E-state index in [4.69, 9.17) is 4.74 Å².